The van der Waals surface area contributed by atoms with E-state index in [1.807, 2.05) is 31.2 Å². The second kappa shape index (κ2) is 5.34. The molecule has 20 heavy (non-hydrogen) atoms. The van der Waals surface area contributed by atoms with Crippen molar-refractivity contribution in [2.75, 3.05) is 7.11 Å². The predicted molar refractivity (Wildman–Crippen MR) is 72.3 cm³/mol. The van der Waals surface area contributed by atoms with Gasteiger partial charge in [-0.1, -0.05) is 17.3 Å². The Balaban J connectivity index is 1.79. The van der Waals surface area contributed by atoms with Crippen LogP contribution in [0.4, 0.5) is 0 Å². The van der Waals surface area contributed by atoms with Gasteiger partial charge >= 0.3 is 0 Å². The van der Waals surface area contributed by atoms with Gasteiger partial charge in [0.1, 0.15) is 5.76 Å². The zero-order chi connectivity index (χ0) is 13.9. The molecule has 0 aliphatic carbocycles. The van der Waals surface area contributed by atoms with Gasteiger partial charge in [0, 0.05) is 5.39 Å². The van der Waals surface area contributed by atoms with E-state index in [1.165, 1.54) is 6.39 Å². The summed E-state index contributed by atoms with van der Waals surface area (Å²) >= 11 is 0. The number of methoxy groups -OCH3 is 1. The molecule has 1 atom stereocenters. The topological polar surface area (TPSA) is 73.3 Å². The number of nitrogens with zero attached hydrogens (tertiary/aromatic N) is 2. The third-order valence-corrected chi connectivity index (χ3v) is 3.15. The first-order valence-corrected chi connectivity index (χ1v) is 6.33. The Kier molecular flexibility index (Phi) is 3.39. The van der Waals surface area contributed by atoms with Crippen molar-refractivity contribution in [3.8, 4) is 5.75 Å². The quantitative estimate of drug-likeness (QED) is 0.770. The molecule has 0 aliphatic heterocycles. The van der Waals surface area contributed by atoms with Crippen LogP contribution in [0.5, 0.6) is 5.75 Å². The molecule has 2 aromatic heterocycles. The second-order valence-corrected chi connectivity index (χ2v) is 4.48. The first-order chi connectivity index (χ1) is 9.78. The van der Waals surface area contributed by atoms with Crippen LogP contribution in [0.25, 0.3) is 11.0 Å². The van der Waals surface area contributed by atoms with Crippen LogP contribution in [-0.4, -0.2) is 17.3 Å². The van der Waals surface area contributed by atoms with Crippen LogP contribution in [0.1, 0.15) is 24.6 Å². The minimum Gasteiger partial charge on any atom is -0.493 e. The van der Waals surface area contributed by atoms with E-state index in [0.29, 0.717) is 12.4 Å². The van der Waals surface area contributed by atoms with E-state index in [1.54, 1.807) is 7.11 Å². The molecule has 6 heteroatoms. The van der Waals surface area contributed by atoms with Crippen molar-refractivity contribution in [3.63, 3.8) is 0 Å². The molecule has 0 saturated heterocycles. The maximum Gasteiger partial charge on any atom is 0.213 e. The van der Waals surface area contributed by atoms with E-state index in [4.69, 9.17) is 9.15 Å². The molecule has 0 radical (unpaired) electrons. The number of rotatable bonds is 5. The van der Waals surface area contributed by atoms with Crippen LogP contribution in [0.2, 0.25) is 0 Å². The number of ether oxygens (including phenoxy) is 1. The van der Waals surface area contributed by atoms with E-state index in [-0.39, 0.29) is 6.04 Å². The van der Waals surface area contributed by atoms with E-state index in [9.17, 15) is 0 Å². The summed E-state index contributed by atoms with van der Waals surface area (Å²) in [6.07, 6.45) is 1.31. The molecule has 3 rings (SSSR count). The summed E-state index contributed by atoms with van der Waals surface area (Å²) in [6, 6.07) is 7.86. The molecule has 0 saturated carbocycles. The fourth-order valence-electron chi connectivity index (χ4n) is 2.05. The first-order valence-electron chi connectivity index (χ1n) is 6.33. The van der Waals surface area contributed by atoms with Crippen molar-refractivity contribution in [1.29, 1.82) is 0 Å². The van der Waals surface area contributed by atoms with Crippen LogP contribution in [0, 0.1) is 0 Å². The van der Waals surface area contributed by atoms with Crippen LogP contribution < -0.4 is 10.1 Å². The number of hydrogen-bond donors (Lipinski definition) is 1. The Morgan fingerprint density at radius 1 is 1.40 bits per heavy atom. The number of nitrogens with one attached hydrogen (secondary N) is 1. The van der Waals surface area contributed by atoms with E-state index in [0.717, 1.165) is 22.5 Å². The average Bonchev–Trinajstić information content (AvgIpc) is 3.12. The number of hydrogen-bond acceptors (Lipinski definition) is 6. The Hall–Kier alpha value is -2.34. The Morgan fingerprint density at radius 3 is 3.05 bits per heavy atom. The molecule has 3 aromatic rings. The van der Waals surface area contributed by atoms with Crippen molar-refractivity contribution in [1.82, 2.24) is 15.5 Å². The third kappa shape index (κ3) is 2.37. The van der Waals surface area contributed by atoms with Crippen LogP contribution >= 0.6 is 0 Å². The second-order valence-electron chi connectivity index (χ2n) is 4.48. The van der Waals surface area contributed by atoms with Crippen molar-refractivity contribution in [2.24, 2.45) is 0 Å². The fraction of sp³-hybridized carbons (Fsp3) is 0.286. The summed E-state index contributed by atoms with van der Waals surface area (Å²) in [7, 11) is 1.63. The lowest BCUT2D eigenvalue weighted by molar-refractivity contribution is 0.392. The molecule has 1 unspecified atom stereocenters. The highest BCUT2D eigenvalue weighted by Crippen LogP contribution is 2.30. The normalized spacial score (nSPS) is 12.7. The molecule has 1 N–H and O–H groups in total. The molecule has 1 aromatic carbocycles. The predicted octanol–water partition coefficient (Wildman–Crippen LogP) is 2.68. The third-order valence-electron chi connectivity index (χ3n) is 3.15. The summed E-state index contributed by atoms with van der Waals surface area (Å²) in [4.78, 5) is 3.96. The highest BCUT2D eigenvalue weighted by atomic mass is 16.5. The van der Waals surface area contributed by atoms with Crippen LogP contribution in [0.15, 0.2) is 39.6 Å². The van der Waals surface area contributed by atoms with Gasteiger partial charge in [-0.25, -0.2) is 0 Å². The van der Waals surface area contributed by atoms with Crippen molar-refractivity contribution in [3.05, 3.63) is 42.2 Å². The fourth-order valence-corrected chi connectivity index (χ4v) is 2.05. The SMILES string of the molecule is COc1cccc2cc(C(C)NCc3ncon3)oc12. The molecular formula is C14H15N3O3. The van der Waals surface area contributed by atoms with Gasteiger partial charge in [-0.05, 0) is 19.1 Å². The van der Waals surface area contributed by atoms with Gasteiger partial charge in [-0.3, -0.25) is 0 Å². The lowest BCUT2D eigenvalue weighted by Gasteiger charge is -2.08. The van der Waals surface area contributed by atoms with Gasteiger partial charge in [-0.15, -0.1) is 0 Å². The standard InChI is InChI=1S/C14H15N3O3/c1-9(15-7-13-16-8-19-17-13)12-6-10-4-3-5-11(18-2)14(10)20-12/h3-6,8-9,15H,7H2,1-2H3. The molecule has 0 spiro atoms. The molecule has 2 heterocycles. The van der Waals surface area contributed by atoms with E-state index < -0.39 is 0 Å². The molecule has 0 fully saturated rings. The average molecular weight is 273 g/mol. The highest BCUT2D eigenvalue weighted by Gasteiger charge is 2.14. The monoisotopic (exact) mass is 273 g/mol. The maximum atomic E-state index is 5.87. The lowest BCUT2D eigenvalue weighted by atomic mass is 10.2. The largest absolute Gasteiger partial charge is 0.493 e. The highest BCUT2D eigenvalue weighted by molar-refractivity contribution is 5.83. The number of para-hydroxylation sites is 1. The van der Waals surface area contributed by atoms with Gasteiger partial charge in [0.15, 0.2) is 17.2 Å². The first kappa shape index (κ1) is 12.7. The van der Waals surface area contributed by atoms with E-state index in [2.05, 4.69) is 20.0 Å². The Morgan fingerprint density at radius 2 is 2.30 bits per heavy atom. The number of furan rings is 1. The summed E-state index contributed by atoms with van der Waals surface area (Å²) in [5, 5.41) is 8.05. The number of fused-ring (bicyclic) bond motifs is 1. The molecule has 0 amide bonds. The van der Waals surface area contributed by atoms with Crippen molar-refractivity contribution in [2.45, 2.75) is 19.5 Å². The van der Waals surface area contributed by atoms with Gasteiger partial charge in [0.05, 0.1) is 19.7 Å². The molecule has 0 aliphatic rings. The zero-order valence-corrected chi connectivity index (χ0v) is 11.3. The van der Waals surface area contributed by atoms with E-state index >= 15 is 0 Å². The Labute approximate surface area is 115 Å². The summed E-state index contributed by atoms with van der Waals surface area (Å²) < 4.78 is 15.9. The van der Waals surface area contributed by atoms with Crippen LogP contribution in [0.3, 0.4) is 0 Å². The molecule has 104 valence electrons. The molecular weight excluding hydrogens is 258 g/mol. The zero-order valence-electron chi connectivity index (χ0n) is 11.3. The van der Waals surface area contributed by atoms with Gasteiger partial charge in [0.2, 0.25) is 6.39 Å². The lowest BCUT2D eigenvalue weighted by Crippen LogP contribution is -2.18. The Bertz CT molecular complexity index is 691. The molecule has 0 bridgehead atoms. The number of benzene rings is 1. The maximum absolute atomic E-state index is 5.87. The number of aromatic nitrogens is 2. The van der Waals surface area contributed by atoms with Crippen molar-refractivity contribution >= 4 is 11.0 Å². The minimum absolute atomic E-state index is 0.0330. The van der Waals surface area contributed by atoms with Crippen LogP contribution in [-0.2, 0) is 6.54 Å². The van der Waals surface area contributed by atoms with Gasteiger partial charge < -0.3 is 19.0 Å². The molecule has 6 nitrogen and oxygen atoms in total. The summed E-state index contributed by atoms with van der Waals surface area (Å²) in [5.41, 5.74) is 0.762. The van der Waals surface area contributed by atoms with Crippen molar-refractivity contribution < 1.29 is 13.7 Å². The minimum atomic E-state index is 0.0330. The van der Waals surface area contributed by atoms with Gasteiger partial charge in [0.25, 0.3) is 0 Å². The summed E-state index contributed by atoms with van der Waals surface area (Å²) in [6.45, 7) is 2.54. The van der Waals surface area contributed by atoms with Gasteiger partial charge in [-0.2, -0.15) is 4.98 Å². The smallest absolute Gasteiger partial charge is 0.213 e. The summed E-state index contributed by atoms with van der Waals surface area (Å²) in [5.74, 6) is 2.19.